The molecule has 2 aliphatic carbocycles. The quantitative estimate of drug-likeness (QED) is 0.720. The molecular weight excluding hydrogens is 373 g/mol. The lowest BCUT2D eigenvalue weighted by Gasteiger charge is -2.13. The number of amides is 1. The fourth-order valence-electron chi connectivity index (χ4n) is 4.12. The number of rotatable bonds is 5. The Morgan fingerprint density at radius 3 is 2.55 bits per heavy atom. The van der Waals surface area contributed by atoms with Crippen molar-refractivity contribution in [3.05, 3.63) is 52.3 Å². The van der Waals surface area contributed by atoms with Crippen molar-refractivity contribution in [2.75, 3.05) is 0 Å². The standard InChI is InChI=1S/C21H22FN5O2/c22-14-7-9-16(10-8-14)27-20-17(11-23-27)19(13-5-6-13)25-26(21(20)29)12-18(28)24-15-3-1-2-4-15/h7-11,13,15H,1-6,12H2,(H,24,28). The van der Waals surface area contributed by atoms with Crippen LogP contribution in [0.1, 0.15) is 50.1 Å². The first-order valence-corrected chi connectivity index (χ1v) is 10.1. The summed E-state index contributed by atoms with van der Waals surface area (Å²) in [6.45, 7) is -0.112. The summed E-state index contributed by atoms with van der Waals surface area (Å²) in [7, 11) is 0. The van der Waals surface area contributed by atoms with Crippen molar-refractivity contribution in [3.63, 3.8) is 0 Å². The number of carbonyl (C=O) groups excluding carboxylic acids is 1. The first kappa shape index (κ1) is 18.0. The zero-order valence-corrected chi connectivity index (χ0v) is 16.0. The van der Waals surface area contributed by atoms with Crippen molar-refractivity contribution >= 4 is 16.8 Å². The first-order valence-electron chi connectivity index (χ1n) is 10.1. The average molecular weight is 395 g/mol. The largest absolute Gasteiger partial charge is 0.352 e. The van der Waals surface area contributed by atoms with Gasteiger partial charge in [-0.05, 0) is 49.9 Å². The molecule has 8 heteroatoms. The molecule has 0 bridgehead atoms. The minimum Gasteiger partial charge on any atom is -0.352 e. The topological polar surface area (TPSA) is 81.8 Å². The minimum atomic E-state index is -0.368. The Bertz CT molecular complexity index is 1120. The maximum atomic E-state index is 13.3. The van der Waals surface area contributed by atoms with Crippen LogP contribution in [0.5, 0.6) is 0 Å². The van der Waals surface area contributed by atoms with Crippen molar-refractivity contribution in [2.24, 2.45) is 0 Å². The lowest BCUT2D eigenvalue weighted by Crippen LogP contribution is -2.38. The van der Waals surface area contributed by atoms with E-state index >= 15 is 0 Å². The summed E-state index contributed by atoms with van der Waals surface area (Å²) in [5.74, 6) is -0.264. The Balaban J connectivity index is 1.56. The van der Waals surface area contributed by atoms with E-state index in [2.05, 4.69) is 15.5 Å². The van der Waals surface area contributed by atoms with Gasteiger partial charge in [0.05, 0.1) is 17.6 Å². The van der Waals surface area contributed by atoms with Crippen molar-refractivity contribution in [3.8, 4) is 5.69 Å². The molecule has 29 heavy (non-hydrogen) atoms. The van der Waals surface area contributed by atoms with Crippen LogP contribution in [0, 0.1) is 5.82 Å². The third-order valence-corrected chi connectivity index (χ3v) is 5.76. The fourth-order valence-corrected chi connectivity index (χ4v) is 4.12. The Morgan fingerprint density at radius 1 is 1.14 bits per heavy atom. The number of aromatic nitrogens is 4. The average Bonchev–Trinajstić information content (AvgIpc) is 3.24. The Labute approximate surface area is 166 Å². The van der Waals surface area contributed by atoms with E-state index in [-0.39, 0.29) is 35.8 Å². The van der Waals surface area contributed by atoms with Crippen molar-refractivity contribution in [1.29, 1.82) is 0 Å². The van der Waals surface area contributed by atoms with Crippen LogP contribution in [-0.2, 0) is 11.3 Å². The van der Waals surface area contributed by atoms with Crippen LogP contribution in [0.15, 0.2) is 35.3 Å². The lowest BCUT2D eigenvalue weighted by atomic mass is 10.2. The normalized spacial score (nSPS) is 17.1. The van der Waals surface area contributed by atoms with Gasteiger partial charge in [-0.2, -0.15) is 10.2 Å². The summed E-state index contributed by atoms with van der Waals surface area (Å²) < 4.78 is 16.1. The highest BCUT2D eigenvalue weighted by Crippen LogP contribution is 2.41. The number of nitrogens with one attached hydrogen (secondary N) is 1. The molecule has 150 valence electrons. The molecule has 7 nitrogen and oxygen atoms in total. The van der Waals surface area contributed by atoms with E-state index in [1.807, 2.05) is 0 Å². The van der Waals surface area contributed by atoms with Gasteiger partial charge in [-0.1, -0.05) is 12.8 Å². The van der Waals surface area contributed by atoms with E-state index in [4.69, 9.17) is 0 Å². The third-order valence-electron chi connectivity index (χ3n) is 5.76. The Morgan fingerprint density at radius 2 is 1.86 bits per heavy atom. The molecule has 2 heterocycles. The van der Waals surface area contributed by atoms with Crippen molar-refractivity contribution < 1.29 is 9.18 Å². The number of halogens is 1. The number of fused-ring (bicyclic) bond motifs is 1. The summed E-state index contributed by atoms with van der Waals surface area (Å²) in [6.07, 6.45) is 7.88. The molecular formula is C21H22FN5O2. The molecule has 5 rings (SSSR count). The van der Waals surface area contributed by atoms with Gasteiger partial charge in [0.1, 0.15) is 17.9 Å². The van der Waals surface area contributed by atoms with Crippen LogP contribution in [0.3, 0.4) is 0 Å². The molecule has 1 amide bonds. The van der Waals surface area contributed by atoms with Gasteiger partial charge in [-0.25, -0.2) is 13.8 Å². The summed E-state index contributed by atoms with van der Waals surface area (Å²) in [5.41, 5.74) is 1.41. The summed E-state index contributed by atoms with van der Waals surface area (Å²) in [5, 5.41) is 12.6. The van der Waals surface area contributed by atoms with Gasteiger partial charge >= 0.3 is 0 Å². The zero-order valence-electron chi connectivity index (χ0n) is 16.0. The van der Waals surface area contributed by atoms with Gasteiger partial charge in [0.2, 0.25) is 5.91 Å². The van der Waals surface area contributed by atoms with E-state index in [1.54, 1.807) is 18.3 Å². The van der Waals surface area contributed by atoms with Gasteiger partial charge in [-0.15, -0.1) is 0 Å². The Kier molecular flexibility index (Phi) is 4.41. The number of nitrogens with zero attached hydrogens (tertiary/aromatic N) is 4. The summed E-state index contributed by atoms with van der Waals surface area (Å²) in [4.78, 5) is 25.7. The highest BCUT2D eigenvalue weighted by molar-refractivity contribution is 5.83. The van der Waals surface area contributed by atoms with Crippen LogP contribution in [0.2, 0.25) is 0 Å². The van der Waals surface area contributed by atoms with Crippen LogP contribution in [-0.4, -0.2) is 31.5 Å². The second kappa shape index (κ2) is 7.09. The lowest BCUT2D eigenvalue weighted by molar-refractivity contribution is -0.122. The number of hydrogen-bond acceptors (Lipinski definition) is 4. The van der Waals surface area contributed by atoms with Crippen LogP contribution in [0.4, 0.5) is 4.39 Å². The summed E-state index contributed by atoms with van der Waals surface area (Å²) >= 11 is 0. The predicted molar refractivity (Wildman–Crippen MR) is 105 cm³/mol. The highest BCUT2D eigenvalue weighted by atomic mass is 19.1. The van der Waals surface area contributed by atoms with E-state index < -0.39 is 0 Å². The minimum absolute atomic E-state index is 0.112. The van der Waals surface area contributed by atoms with Gasteiger partial charge in [-0.3, -0.25) is 9.59 Å². The molecule has 0 aliphatic heterocycles. The van der Waals surface area contributed by atoms with E-state index in [0.717, 1.165) is 44.2 Å². The van der Waals surface area contributed by atoms with E-state index in [0.29, 0.717) is 16.6 Å². The van der Waals surface area contributed by atoms with Gasteiger partial charge < -0.3 is 5.32 Å². The molecule has 2 fully saturated rings. The van der Waals surface area contributed by atoms with Gasteiger partial charge in [0.15, 0.2) is 0 Å². The van der Waals surface area contributed by atoms with E-state index in [1.165, 1.54) is 21.5 Å². The molecule has 1 aromatic carbocycles. The van der Waals surface area contributed by atoms with Crippen molar-refractivity contribution in [2.45, 2.75) is 57.0 Å². The molecule has 0 spiro atoms. The Hall–Kier alpha value is -3.03. The maximum absolute atomic E-state index is 13.3. The molecule has 0 unspecified atom stereocenters. The molecule has 0 radical (unpaired) electrons. The predicted octanol–water partition coefficient (Wildman–Crippen LogP) is 2.66. The second-order valence-electron chi connectivity index (χ2n) is 7.97. The monoisotopic (exact) mass is 395 g/mol. The smallest absolute Gasteiger partial charge is 0.293 e. The first-order chi connectivity index (χ1) is 14.1. The second-order valence-corrected chi connectivity index (χ2v) is 7.97. The van der Waals surface area contributed by atoms with Crippen molar-refractivity contribution in [1.82, 2.24) is 24.9 Å². The van der Waals surface area contributed by atoms with Gasteiger partial charge in [0.25, 0.3) is 5.56 Å². The summed E-state index contributed by atoms with van der Waals surface area (Å²) in [6, 6.07) is 6.01. The van der Waals surface area contributed by atoms with Crippen LogP contribution < -0.4 is 10.9 Å². The highest BCUT2D eigenvalue weighted by Gasteiger charge is 2.30. The van der Waals surface area contributed by atoms with E-state index in [9.17, 15) is 14.0 Å². The molecule has 3 aromatic rings. The van der Waals surface area contributed by atoms with Crippen LogP contribution >= 0.6 is 0 Å². The molecule has 0 atom stereocenters. The van der Waals surface area contributed by atoms with Gasteiger partial charge in [0, 0.05) is 17.3 Å². The maximum Gasteiger partial charge on any atom is 0.293 e. The number of benzene rings is 1. The SMILES string of the molecule is O=C(Cn1nc(C2CC2)c2cnn(-c3ccc(F)cc3)c2c1=O)NC1CCCC1. The molecule has 2 aromatic heterocycles. The number of hydrogen-bond donors (Lipinski definition) is 1. The third kappa shape index (κ3) is 3.43. The molecule has 1 N–H and O–H groups in total. The van der Waals surface area contributed by atoms with Crippen LogP contribution in [0.25, 0.3) is 16.6 Å². The molecule has 0 saturated heterocycles. The fraction of sp³-hybridized carbons (Fsp3) is 0.429. The zero-order chi connectivity index (χ0) is 20.0. The number of carbonyl (C=O) groups is 1. The molecule has 2 aliphatic rings. The molecule has 2 saturated carbocycles.